The molecule has 2 N–H and O–H groups in total. The summed E-state index contributed by atoms with van der Waals surface area (Å²) in [4.78, 5) is 0. The highest BCUT2D eigenvalue weighted by Gasteiger charge is 2.09. The summed E-state index contributed by atoms with van der Waals surface area (Å²) in [5, 5.41) is 18.3. The summed E-state index contributed by atoms with van der Waals surface area (Å²) < 4.78 is 10.7. The molecule has 4 heteroatoms. The van der Waals surface area contributed by atoms with Crippen molar-refractivity contribution in [1.82, 2.24) is 0 Å². The Morgan fingerprint density at radius 1 is 1.38 bits per heavy atom. The van der Waals surface area contributed by atoms with Gasteiger partial charge in [-0.25, -0.2) is 0 Å². The van der Waals surface area contributed by atoms with E-state index < -0.39 is 6.10 Å². The monoisotopic (exact) mass is 226 g/mol. The van der Waals surface area contributed by atoms with E-state index in [9.17, 15) is 0 Å². The SMILES string of the molecule is COc1cccc(CO)c1OCCC(C)O. The molecule has 0 spiro atoms. The molecule has 1 atom stereocenters. The van der Waals surface area contributed by atoms with Crippen molar-refractivity contribution in [3.63, 3.8) is 0 Å². The van der Waals surface area contributed by atoms with E-state index in [1.807, 2.05) is 0 Å². The number of benzene rings is 1. The number of rotatable bonds is 6. The van der Waals surface area contributed by atoms with Crippen molar-refractivity contribution in [2.75, 3.05) is 13.7 Å². The second-order valence-corrected chi connectivity index (χ2v) is 3.59. The molecule has 4 nitrogen and oxygen atoms in total. The molecule has 0 saturated heterocycles. The van der Waals surface area contributed by atoms with Gasteiger partial charge in [0, 0.05) is 12.0 Å². The first-order valence-electron chi connectivity index (χ1n) is 5.26. The number of methoxy groups -OCH3 is 1. The van der Waals surface area contributed by atoms with Gasteiger partial charge in [-0.05, 0) is 13.0 Å². The molecule has 0 bridgehead atoms. The number of para-hydroxylation sites is 1. The van der Waals surface area contributed by atoms with Gasteiger partial charge in [-0.1, -0.05) is 12.1 Å². The van der Waals surface area contributed by atoms with E-state index in [-0.39, 0.29) is 6.61 Å². The minimum Gasteiger partial charge on any atom is -0.493 e. The van der Waals surface area contributed by atoms with Crippen molar-refractivity contribution in [3.8, 4) is 11.5 Å². The van der Waals surface area contributed by atoms with Crippen LogP contribution in [0.2, 0.25) is 0 Å². The Morgan fingerprint density at radius 3 is 2.69 bits per heavy atom. The van der Waals surface area contributed by atoms with Crippen LogP contribution in [-0.4, -0.2) is 30.0 Å². The maximum absolute atomic E-state index is 9.16. The molecule has 0 radical (unpaired) electrons. The van der Waals surface area contributed by atoms with Crippen molar-refractivity contribution in [1.29, 1.82) is 0 Å². The molecular formula is C12H18O4. The van der Waals surface area contributed by atoms with Gasteiger partial charge in [-0.2, -0.15) is 0 Å². The van der Waals surface area contributed by atoms with Crippen LogP contribution >= 0.6 is 0 Å². The average Bonchev–Trinajstić information content (AvgIpc) is 2.28. The fraction of sp³-hybridized carbons (Fsp3) is 0.500. The topological polar surface area (TPSA) is 58.9 Å². The summed E-state index contributed by atoms with van der Waals surface area (Å²) in [6.45, 7) is 2.00. The minimum absolute atomic E-state index is 0.0960. The fourth-order valence-corrected chi connectivity index (χ4v) is 1.34. The zero-order valence-corrected chi connectivity index (χ0v) is 9.64. The lowest BCUT2D eigenvalue weighted by atomic mass is 10.2. The van der Waals surface area contributed by atoms with Crippen LogP contribution in [0.1, 0.15) is 18.9 Å². The third-order valence-electron chi connectivity index (χ3n) is 2.23. The molecule has 16 heavy (non-hydrogen) atoms. The Kier molecular flexibility index (Phi) is 5.08. The Bertz CT molecular complexity index is 301. The molecule has 1 rings (SSSR count). The highest BCUT2D eigenvalue weighted by atomic mass is 16.5. The van der Waals surface area contributed by atoms with Gasteiger partial charge >= 0.3 is 0 Å². The average molecular weight is 226 g/mol. The van der Waals surface area contributed by atoms with Crippen molar-refractivity contribution in [3.05, 3.63) is 23.8 Å². The van der Waals surface area contributed by atoms with Crippen LogP contribution in [0.15, 0.2) is 18.2 Å². The summed E-state index contributed by atoms with van der Waals surface area (Å²) >= 11 is 0. The first-order chi connectivity index (χ1) is 7.69. The maximum Gasteiger partial charge on any atom is 0.166 e. The molecule has 0 heterocycles. The third kappa shape index (κ3) is 3.40. The molecule has 1 aromatic carbocycles. The zero-order chi connectivity index (χ0) is 12.0. The molecule has 0 aliphatic heterocycles. The lowest BCUT2D eigenvalue weighted by molar-refractivity contribution is 0.152. The lowest BCUT2D eigenvalue weighted by Crippen LogP contribution is -2.09. The minimum atomic E-state index is -0.396. The Balaban J connectivity index is 2.74. The summed E-state index contributed by atoms with van der Waals surface area (Å²) in [7, 11) is 1.55. The van der Waals surface area contributed by atoms with Gasteiger partial charge < -0.3 is 19.7 Å². The molecule has 0 aliphatic carbocycles. The molecule has 90 valence electrons. The van der Waals surface area contributed by atoms with Gasteiger partial charge in [0.25, 0.3) is 0 Å². The van der Waals surface area contributed by atoms with E-state index in [1.165, 1.54) is 0 Å². The molecule has 1 aromatic rings. The second-order valence-electron chi connectivity index (χ2n) is 3.59. The summed E-state index contributed by atoms with van der Waals surface area (Å²) in [5.74, 6) is 1.14. The molecule has 0 aliphatic rings. The summed E-state index contributed by atoms with van der Waals surface area (Å²) in [5.41, 5.74) is 0.685. The van der Waals surface area contributed by atoms with Crippen LogP contribution in [-0.2, 0) is 6.61 Å². The van der Waals surface area contributed by atoms with Crippen LogP contribution in [0.4, 0.5) is 0 Å². The highest BCUT2D eigenvalue weighted by Crippen LogP contribution is 2.31. The van der Waals surface area contributed by atoms with E-state index in [1.54, 1.807) is 32.2 Å². The summed E-state index contributed by atoms with van der Waals surface area (Å²) in [6.07, 6.45) is 0.149. The number of ether oxygens (including phenoxy) is 2. The van der Waals surface area contributed by atoms with Crippen LogP contribution in [0.25, 0.3) is 0 Å². The smallest absolute Gasteiger partial charge is 0.166 e. The zero-order valence-electron chi connectivity index (χ0n) is 9.64. The van der Waals surface area contributed by atoms with Crippen LogP contribution in [0, 0.1) is 0 Å². The number of hydrogen-bond acceptors (Lipinski definition) is 4. The standard InChI is InChI=1S/C12H18O4/c1-9(14)6-7-16-12-10(8-13)4-3-5-11(12)15-2/h3-5,9,13-14H,6-8H2,1-2H3. The van der Waals surface area contributed by atoms with Gasteiger partial charge in [0.2, 0.25) is 0 Å². The van der Waals surface area contributed by atoms with Crippen molar-refractivity contribution in [2.45, 2.75) is 26.1 Å². The number of aliphatic hydroxyl groups is 2. The predicted molar refractivity (Wildman–Crippen MR) is 60.7 cm³/mol. The van der Waals surface area contributed by atoms with Gasteiger partial charge in [0.05, 0.1) is 26.4 Å². The van der Waals surface area contributed by atoms with Gasteiger partial charge in [0.1, 0.15) is 0 Å². The van der Waals surface area contributed by atoms with E-state index in [0.29, 0.717) is 30.1 Å². The first kappa shape index (κ1) is 12.8. The fourth-order valence-electron chi connectivity index (χ4n) is 1.34. The molecular weight excluding hydrogens is 208 g/mol. The normalized spacial score (nSPS) is 12.2. The lowest BCUT2D eigenvalue weighted by Gasteiger charge is -2.14. The Labute approximate surface area is 95.4 Å². The molecule has 1 unspecified atom stereocenters. The van der Waals surface area contributed by atoms with Gasteiger partial charge in [0.15, 0.2) is 11.5 Å². The second kappa shape index (κ2) is 6.35. The van der Waals surface area contributed by atoms with Gasteiger partial charge in [-0.15, -0.1) is 0 Å². The van der Waals surface area contributed by atoms with Crippen molar-refractivity contribution in [2.24, 2.45) is 0 Å². The maximum atomic E-state index is 9.16. The van der Waals surface area contributed by atoms with Gasteiger partial charge in [-0.3, -0.25) is 0 Å². The van der Waals surface area contributed by atoms with E-state index >= 15 is 0 Å². The first-order valence-corrected chi connectivity index (χ1v) is 5.26. The van der Waals surface area contributed by atoms with Crippen molar-refractivity contribution >= 4 is 0 Å². The highest BCUT2D eigenvalue weighted by molar-refractivity contribution is 5.46. The van der Waals surface area contributed by atoms with Crippen LogP contribution < -0.4 is 9.47 Å². The molecule has 0 amide bonds. The predicted octanol–water partition coefficient (Wildman–Crippen LogP) is 1.34. The van der Waals surface area contributed by atoms with Crippen LogP contribution in [0.3, 0.4) is 0 Å². The van der Waals surface area contributed by atoms with Crippen LogP contribution in [0.5, 0.6) is 11.5 Å². The number of hydrogen-bond donors (Lipinski definition) is 2. The quantitative estimate of drug-likeness (QED) is 0.768. The molecule has 0 saturated carbocycles. The molecule has 0 fully saturated rings. The molecule has 0 aromatic heterocycles. The number of aliphatic hydroxyl groups excluding tert-OH is 2. The van der Waals surface area contributed by atoms with Crippen molar-refractivity contribution < 1.29 is 19.7 Å². The summed E-state index contributed by atoms with van der Waals surface area (Å²) in [6, 6.07) is 5.35. The largest absolute Gasteiger partial charge is 0.493 e. The van der Waals surface area contributed by atoms with E-state index in [2.05, 4.69) is 0 Å². The third-order valence-corrected chi connectivity index (χ3v) is 2.23. The van der Waals surface area contributed by atoms with E-state index in [0.717, 1.165) is 0 Å². The Morgan fingerprint density at radius 2 is 2.12 bits per heavy atom. The van der Waals surface area contributed by atoms with E-state index in [4.69, 9.17) is 19.7 Å². The Hall–Kier alpha value is -1.26.